The van der Waals surface area contributed by atoms with Gasteiger partial charge >= 0.3 is 6.18 Å². The Hall–Kier alpha value is -5.07. The summed E-state index contributed by atoms with van der Waals surface area (Å²) < 4.78 is 51.0. The van der Waals surface area contributed by atoms with Crippen molar-refractivity contribution in [2.45, 2.75) is 45.1 Å². The van der Waals surface area contributed by atoms with Crippen molar-refractivity contribution in [2.24, 2.45) is 5.92 Å². The maximum Gasteiger partial charge on any atom is 0.416 e. The highest BCUT2D eigenvalue weighted by molar-refractivity contribution is 6.02. The quantitative estimate of drug-likeness (QED) is 0.163. The van der Waals surface area contributed by atoms with E-state index < -0.39 is 29.8 Å². The summed E-state index contributed by atoms with van der Waals surface area (Å²) in [5.74, 6) is 0.0224. The number of aliphatic hydroxyl groups is 1. The van der Waals surface area contributed by atoms with E-state index in [0.29, 0.717) is 25.2 Å². The summed E-state index contributed by atoms with van der Waals surface area (Å²) in [4.78, 5) is 32.9. The molecule has 0 saturated heterocycles. The number of benzene rings is 4. The highest BCUT2D eigenvalue weighted by Gasteiger charge is 2.35. The van der Waals surface area contributed by atoms with Gasteiger partial charge in [-0.2, -0.15) is 13.2 Å². The van der Waals surface area contributed by atoms with Crippen LogP contribution < -0.4 is 19.7 Å². The summed E-state index contributed by atoms with van der Waals surface area (Å²) in [6.07, 6.45) is -5.08. The van der Waals surface area contributed by atoms with Gasteiger partial charge in [0, 0.05) is 44.0 Å². The summed E-state index contributed by atoms with van der Waals surface area (Å²) in [6, 6.07) is 25.0. The molecule has 0 fully saturated rings. The van der Waals surface area contributed by atoms with Crippen molar-refractivity contribution in [3.05, 3.63) is 113 Å². The van der Waals surface area contributed by atoms with Crippen LogP contribution in [0.3, 0.4) is 0 Å². The van der Waals surface area contributed by atoms with Gasteiger partial charge in [-0.1, -0.05) is 37.3 Å². The number of anilines is 3. The van der Waals surface area contributed by atoms with E-state index in [4.69, 9.17) is 9.47 Å². The Morgan fingerprint density at radius 1 is 0.981 bits per heavy atom. The SMILES string of the molecule is COc1ccc(N(C)c2ccc(CN(C)C[C@H]3Oc4c(NC(=O)Cc5ccc(C(F)(F)F)cc5)cccc4C(=O)N([C@@H](C)CO)C[C@H]3C)cc2)cc1. The van der Waals surface area contributed by atoms with E-state index in [9.17, 15) is 27.9 Å². The van der Waals surface area contributed by atoms with Crippen LogP contribution in [0.25, 0.3) is 0 Å². The molecule has 0 spiro atoms. The van der Waals surface area contributed by atoms with Crippen LogP contribution in [0.15, 0.2) is 91.0 Å². The van der Waals surface area contributed by atoms with Crippen molar-refractivity contribution in [1.82, 2.24) is 9.80 Å². The Bertz CT molecular complexity index is 1820. The molecule has 5 rings (SSSR count). The Labute approximate surface area is 302 Å². The van der Waals surface area contributed by atoms with Gasteiger partial charge in [0.1, 0.15) is 11.9 Å². The van der Waals surface area contributed by atoms with E-state index in [0.717, 1.165) is 34.8 Å². The lowest BCUT2D eigenvalue weighted by Gasteiger charge is -2.38. The highest BCUT2D eigenvalue weighted by Crippen LogP contribution is 2.36. The van der Waals surface area contributed by atoms with Gasteiger partial charge < -0.3 is 29.7 Å². The Morgan fingerprint density at radius 3 is 2.19 bits per heavy atom. The van der Waals surface area contributed by atoms with E-state index in [1.54, 1.807) is 37.1 Å². The zero-order valence-corrected chi connectivity index (χ0v) is 30.0. The van der Waals surface area contributed by atoms with Gasteiger partial charge in [0.2, 0.25) is 5.91 Å². The van der Waals surface area contributed by atoms with Crippen molar-refractivity contribution in [3.63, 3.8) is 0 Å². The van der Waals surface area contributed by atoms with Crippen molar-refractivity contribution in [2.75, 3.05) is 51.1 Å². The van der Waals surface area contributed by atoms with Crippen molar-refractivity contribution < 1.29 is 37.3 Å². The van der Waals surface area contributed by atoms with Gasteiger partial charge in [-0.05, 0) is 85.8 Å². The fraction of sp³-hybridized carbons (Fsp3) is 0.350. The molecule has 0 aromatic heterocycles. The van der Waals surface area contributed by atoms with Crippen LogP contribution in [-0.4, -0.2) is 79.8 Å². The second kappa shape index (κ2) is 16.5. The Kier molecular flexibility index (Phi) is 12.1. The number of aliphatic hydroxyl groups excluding tert-OH is 1. The molecule has 0 radical (unpaired) electrons. The first-order valence-electron chi connectivity index (χ1n) is 17.1. The number of rotatable bonds is 12. The predicted octanol–water partition coefficient (Wildman–Crippen LogP) is 7.02. The molecular weight excluding hydrogens is 673 g/mol. The molecule has 1 heterocycles. The number of ether oxygens (including phenoxy) is 2. The number of para-hydroxylation sites is 1. The van der Waals surface area contributed by atoms with Crippen molar-refractivity contribution in [1.29, 1.82) is 0 Å². The number of hydrogen-bond acceptors (Lipinski definition) is 7. The zero-order chi connectivity index (χ0) is 37.6. The highest BCUT2D eigenvalue weighted by atomic mass is 19.4. The number of amides is 2. The Morgan fingerprint density at radius 2 is 1.60 bits per heavy atom. The minimum absolute atomic E-state index is 0.162. The van der Waals surface area contributed by atoms with Gasteiger partial charge in [0.15, 0.2) is 5.75 Å². The van der Waals surface area contributed by atoms with Crippen LogP contribution in [0, 0.1) is 5.92 Å². The first-order valence-corrected chi connectivity index (χ1v) is 17.1. The van der Waals surface area contributed by atoms with E-state index in [2.05, 4.69) is 39.4 Å². The predicted molar refractivity (Wildman–Crippen MR) is 195 cm³/mol. The molecule has 52 heavy (non-hydrogen) atoms. The number of hydrogen-bond donors (Lipinski definition) is 2. The molecule has 2 amide bonds. The number of carbonyl (C=O) groups excluding carboxylic acids is 2. The lowest BCUT2D eigenvalue weighted by Crippen LogP contribution is -2.49. The number of alkyl halides is 3. The van der Waals surface area contributed by atoms with Gasteiger partial charge in [-0.3, -0.25) is 14.5 Å². The number of nitrogens with one attached hydrogen (secondary N) is 1. The molecule has 0 aliphatic carbocycles. The average Bonchev–Trinajstić information content (AvgIpc) is 3.13. The number of likely N-dealkylation sites (N-methyl/N-ethyl adjacent to an activating group) is 1. The molecular formula is C40H45F3N4O5. The topological polar surface area (TPSA) is 94.6 Å². The number of fused-ring (bicyclic) bond motifs is 1. The molecule has 4 aromatic rings. The van der Waals surface area contributed by atoms with Gasteiger partial charge in [-0.15, -0.1) is 0 Å². The molecule has 0 bridgehead atoms. The minimum atomic E-state index is -4.48. The number of carbonyl (C=O) groups is 2. The fourth-order valence-corrected chi connectivity index (χ4v) is 6.21. The normalized spacial score (nSPS) is 16.7. The molecule has 276 valence electrons. The lowest BCUT2D eigenvalue weighted by molar-refractivity contribution is -0.137. The number of halogens is 3. The van der Waals surface area contributed by atoms with Crippen LogP contribution in [0.2, 0.25) is 0 Å². The largest absolute Gasteiger partial charge is 0.497 e. The van der Waals surface area contributed by atoms with Gasteiger partial charge in [-0.25, -0.2) is 0 Å². The summed E-state index contributed by atoms with van der Waals surface area (Å²) in [7, 11) is 5.63. The van der Waals surface area contributed by atoms with Crippen LogP contribution in [0.1, 0.15) is 40.9 Å². The van der Waals surface area contributed by atoms with Crippen LogP contribution in [-0.2, 0) is 23.9 Å². The molecule has 12 heteroatoms. The minimum Gasteiger partial charge on any atom is -0.497 e. The average molecular weight is 719 g/mol. The van der Waals surface area contributed by atoms with E-state index in [1.807, 2.05) is 45.3 Å². The first-order chi connectivity index (χ1) is 24.8. The van der Waals surface area contributed by atoms with Gasteiger partial charge in [0.25, 0.3) is 5.91 Å². The maximum atomic E-state index is 13.9. The molecule has 0 saturated carbocycles. The van der Waals surface area contributed by atoms with E-state index >= 15 is 0 Å². The number of methoxy groups -OCH3 is 1. The second-order valence-electron chi connectivity index (χ2n) is 13.3. The summed E-state index contributed by atoms with van der Waals surface area (Å²) in [6.45, 7) is 4.98. The second-order valence-corrected chi connectivity index (χ2v) is 13.3. The molecule has 3 atom stereocenters. The third-order valence-electron chi connectivity index (χ3n) is 9.34. The fourth-order valence-electron chi connectivity index (χ4n) is 6.21. The van der Waals surface area contributed by atoms with Crippen LogP contribution in [0.5, 0.6) is 11.5 Å². The molecule has 1 aliphatic rings. The van der Waals surface area contributed by atoms with Crippen LogP contribution in [0.4, 0.5) is 30.2 Å². The monoisotopic (exact) mass is 718 g/mol. The molecule has 9 nitrogen and oxygen atoms in total. The lowest BCUT2D eigenvalue weighted by atomic mass is 9.98. The maximum absolute atomic E-state index is 13.9. The molecule has 1 aliphatic heterocycles. The van der Waals surface area contributed by atoms with Crippen LogP contribution >= 0.6 is 0 Å². The molecule has 4 aromatic carbocycles. The standard InChI is InChI=1S/C40H45F3N4O5/c1-26-22-47(27(2)25-48)39(50)34-7-6-8-35(44-37(49)21-28-9-13-30(14-10-28)40(41,42)43)38(34)52-36(26)24-45(3)23-29-11-15-31(16-12-29)46(4)32-17-19-33(51-5)20-18-32/h6-20,26-27,36,48H,21-25H2,1-5H3,(H,44,49)/t26-,27+,36-/m1/s1. The molecule has 0 unspecified atom stereocenters. The van der Waals surface area contributed by atoms with Gasteiger partial charge in [0.05, 0.1) is 43.0 Å². The number of nitrogens with zero attached hydrogens (tertiary/aromatic N) is 3. The molecule has 2 N–H and O–H groups in total. The van der Waals surface area contributed by atoms with Crippen molar-refractivity contribution >= 4 is 28.9 Å². The third kappa shape index (κ3) is 9.23. The Balaban J connectivity index is 1.33. The van der Waals surface area contributed by atoms with E-state index in [1.165, 1.54) is 12.1 Å². The smallest absolute Gasteiger partial charge is 0.416 e. The summed E-state index contributed by atoms with van der Waals surface area (Å²) >= 11 is 0. The van der Waals surface area contributed by atoms with Crippen molar-refractivity contribution in [3.8, 4) is 11.5 Å². The first kappa shape index (κ1) is 38.2. The summed E-state index contributed by atoms with van der Waals surface area (Å²) in [5.41, 5.74) is 3.27. The van der Waals surface area contributed by atoms with E-state index in [-0.39, 0.29) is 41.9 Å². The zero-order valence-electron chi connectivity index (χ0n) is 30.0. The summed E-state index contributed by atoms with van der Waals surface area (Å²) in [5, 5.41) is 12.9. The third-order valence-corrected chi connectivity index (χ3v) is 9.34.